The van der Waals surface area contributed by atoms with Crippen LogP contribution in [0.3, 0.4) is 0 Å². The Morgan fingerprint density at radius 3 is 2.50 bits per heavy atom. The zero-order valence-electron chi connectivity index (χ0n) is 16.0. The van der Waals surface area contributed by atoms with Crippen molar-refractivity contribution in [2.45, 2.75) is 12.7 Å². The number of rotatable bonds is 6. The first-order valence-electron chi connectivity index (χ1n) is 9.33. The second-order valence-electron chi connectivity index (χ2n) is 6.78. The molecular formula is C23H23NO4. The lowest BCUT2D eigenvalue weighted by Crippen LogP contribution is -2.05. The first kappa shape index (κ1) is 18.5. The highest BCUT2D eigenvalue weighted by Crippen LogP contribution is 2.30. The van der Waals surface area contributed by atoms with E-state index in [-0.39, 0.29) is 12.1 Å². The van der Waals surface area contributed by atoms with Crippen LogP contribution in [-0.4, -0.2) is 33.2 Å². The number of ether oxygens (including phenoxy) is 3. The highest BCUT2D eigenvalue weighted by Gasteiger charge is 2.18. The summed E-state index contributed by atoms with van der Waals surface area (Å²) in [5.74, 6) is 0.869. The number of methoxy groups -OCH3 is 1. The molecular weight excluding hydrogens is 354 g/mol. The molecule has 1 saturated heterocycles. The number of carbonyl (C=O) groups is 1. The zero-order valence-corrected chi connectivity index (χ0v) is 16.0. The van der Waals surface area contributed by atoms with Gasteiger partial charge in [0.1, 0.15) is 5.75 Å². The Balaban J connectivity index is 1.56. The lowest BCUT2D eigenvalue weighted by molar-refractivity contribution is -0.0441. The minimum Gasteiger partial charge on any atom is -0.497 e. The highest BCUT2D eigenvalue weighted by molar-refractivity contribution is 6.05. The van der Waals surface area contributed by atoms with Gasteiger partial charge in [0.25, 0.3) is 0 Å². The molecule has 0 unspecified atom stereocenters. The van der Waals surface area contributed by atoms with E-state index < -0.39 is 0 Å². The Bertz CT molecular complexity index is 991. The third kappa shape index (κ3) is 3.72. The maximum Gasteiger partial charge on any atom is 0.184 e. The molecule has 0 bridgehead atoms. The van der Waals surface area contributed by atoms with E-state index in [1.54, 1.807) is 7.11 Å². The molecule has 1 fully saturated rings. The number of hydrogen-bond donors (Lipinski definition) is 1. The maximum atomic E-state index is 12.9. The van der Waals surface area contributed by atoms with Crippen molar-refractivity contribution in [3.8, 4) is 5.75 Å². The Morgan fingerprint density at radius 2 is 1.82 bits per heavy atom. The SMILES string of the molecule is CNc1cc(C(=O)Cc2ccc(C3OCCO3)cc2)cc2ccc(OC)cc12. The molecule has 5 heteroatoms. The average Bonchev–Trinajstić information content (AvgIpc) is 3.28. The zero-order chi connectivity index (χ0) is 19.5. The van der Waals surface area contributed by atoms with E-state index in [1.165, 1.54) is 0 Å². The first-order valence-corrected chi connectivity index (χ1v) is 9.33. The molecule has 3 aromatic rings. The number of carbonyl (C=O) groups excluding carboxylic acids is 1. The van der Waals surface area contributed by atoms with Crippen LogP contribution < -0.4 is 10.1 Å². The molecule has 144 valence electrons. The number of fused-ring (bicyclic) bond motifs is 1. The van der Waals surface area contributed by atoms with Gasteiger partial charge in [0, 0.05) is 35.7 Å². The molecule has 4 rings (SSSR count). The molecule has 1 aliphatic rings. The smallest absolute Gasteiger partial charge is 0.184 e. The highest BCUT2D eigenvalue weighted by atomic mass is 16.7. The van der Waals surface area contributed by atoms with E-state index in [0.717, 1.165) is 33.3 Å². The summed E-state index contributed by atoms with van der Waals surface area (Å²) in [4.78, 5) is 12.9. The van der Waals surface area contributed by atoms with Gasteiger partial charge in [0.15, 0.2) is 12.1 Å². The van der Waals surface area contributed by atoms with Gasteiger partial charge < -0.3 is 19.5 Å². The monoisotopic (exact) mass is 377 g/mol. The molecule has 3 aromatic carbocycles. The summed E-state index contributed by atoms with van der Waals surface area (Å²) in [6.45, 7) is 1.24. The van der Waals surface area contributed by atoms with Gasteiger partial charge >= 0.3 is 0 Å². The summed E-state index contributed by atoms with van der Waals surface area (Å²) in [6, 6.07) is 17.5. The van der Waals surface area contributed by atoms with Gasteiger partial charge in [-0.05, 0) is 35.2 Å². The molecule has 0 amide bonds. The first-order chi connectivity index (χ1) is 13.7. The number of Topliss-reactive ketones (excluding diaryl/α,β-unsaturated/α-hetero) is 1. The predicted molar refractivity (Wildman–Crippen MR) is 109 cm³/mol. The Hall–Kier alpha value is -2.89. The number of benzene rings is 3. The fourth-order valence-corrected chi connectivity index (χ4v) is 3.46. The van der Waals surface area contributed by atoms with Crippen molar-refractivity contribution in [1.82, 2.24) is 0 Å². The van der Waals surface area contributed by atoms with E-state index in [2.05, 4.69) is 5.32 Å². The van der Waals surface area contributed by atoms with Gasteiger partial charge in [0.2, 0.25) is 0 Å². The molecule has 0 aliphatic carbocycles. The normalized spacial score (nSPS) is 14.4. The third-order valence-electron chi connectivity index (χ3n) is 4.99. The number of ketones is 1. The van der Waals surface area contributed by atoms with E-state index in [1.807, 2.05) is 61.6 Å². The topological polar surface area (TPSA) is 56.8 Å². The van der Waals surface area contributed by atoms with Crippen LogP contribution >= 0.6 is 0 Å². The lowest BCUT2D eigenvalue weighted by atomic mass is 9.98. The summed E-state index contributed by atoms with van der Waals surface area (Å²) in [5.41, 5.74) is 3.54. The molecule has 1 N–H and O–H groups in total. The van der Waals surface area contributed by atoms with Crippen LogP contribution in [0.15, 0.2) is 54.6 Å². The van der Waals surface area contributed by atoms with Crippen molar-refractivity contribution in [2.24, 2.45) is 0 Å². The number of hydrogen-bond acceptors (Lipinski definition) is 5. The van der Waals surface area contributed by atoms with Crippen molar-refractivity contribution in [1.29, 1.82) is 0 Å². The minimum absolute atomic E-state index is 0.0790. The molecule has 1 aliphatic heterocycles. The van der Waals surface area contributed by atoms with E-state index in [9.17, 15) is 4.79 Å². The standard InChI is InChI=1S/C23H23NO4/c1-24-21-13-18(12-17-7-8-19(26-2)14-20(17)21)22(25)11-15-3-5-16(6-4-15)23-27-9-10-28-23/h3-8,12-14,23-24H,9-11H2,1-2H3. The Kier molecular flexibility index (Phi) is 5.28. The van der Waals surface area contributed by atoms with Crippen LogP contribution in [0.4, 0.5) is 5.69 Å². The van der Waals surface area contributed by atoms with Gasteiger partial charge in [-0.3, -0.25) is 4.79 Å². The molecule has 0 spiro atoms. The van der Waals surface area contributed by atoms with E-state index in [0.29, 0.717) is 25.2 Å². The van der Waals surface area contributed by atoms with Crippen molar-refractivity contribution < 1.29 is 19.0 Å². The molecule has 5 nitrogen and oxygen atoms in total. The predicted octanol–water partition coefficient (Wildman–Crippen LogP) is 4.36. The largest absolute Gasteiger partial charge is 0.497 e. The lowest BCUT2D eigenvalue weighted by Gasteiger charge is -2.12. The minimum atomic E-state index is -0.291. The summed E-state index contributed by atoms with van der Waals surface area (Å²) in [7, 11) is 3.50. The van der Waals surface area contributed by atoms with E-state index >= 15 is 0 Å². The second-order valence-corrected chi connectivity index (χ2v) is 6.78. The van der Waals surface area contributed by atoms with Crippen LogP contribution in [0.25, 0.3) is 10.8 Å². The summed E-state index contributed by atoms with van der Waals surface area (Å²) in [5, 5.41) is 5.21. The second kappa shape index (κ2) is 8.00. The Labute approximate surface area is 164 Å². The van der Waals surface area contributed by atoms with Gasteiger partial charge in [-0.25, -0.2) is 0 Å². The Morgan fingerprint density at radius 1 is 1.07 bits per heavy atom. The van der Waals surface area contributed by atoms with Crippen molar-refractivity contribution >= 4 is 22.2 Å². The average molecular weight is 377 g/mol. The van der Waals surface area contributed by atoms with Gasteiger partial charge in [-0.2, -0.15) is 0 Å². The molecule has 0 atom stereocenters. The summed E-state index contributed by atoms with van der Waals surface area (Å²) < 4.78 is 16.3. The molecule has 0 saturated carbocycles. The fraction of sp³-hybridized carbons (Fsp3) is 0.261. The summed E-state index contributed by atoms with van der Waals surface area (Å²) in [6.07, 6.45) is 0.0534. The van der Waals surface area contributed by atoms with Crippen LogP contribution in [0.2, 0.25) is 0 Å². The van der Waals surface area contributed by atoms with E-state index in [4.69, 9.17) is 14.2 Å². The maximum absolute atomic E-state index is 12.9. The van der Waals surface area contributed by atoms with Gasteiger partial charge in [0.05, 0.1) is 20.3 Å². The van der Waals surface area contributed by atoms with Crippen molar-refractivity contribution in [3.05, 3.63) is 71.3 Å². The fourth-order valence-electron chi connectivity index (χ4n) is 3.46. The molecule has 1 heterocycles. The van der Waals surface area contributed by atoms with Gasteiger partial charge in [-0.1, -0.05) is 30.3 Å². The molecule has 0 aromatic heterocycles. The van der Waals surface area contributed by atoms with Crippen LogP contribution in [0.5, 0.6) is 5.75 Å². The summed E-state index contributed by atoms with van der Waals surface area (Å²) >= 11 is 0. The third-order valence-corrected chi connectivity index (χ3v) is 4.99. The molecule has 28 heavy (non-hydrogen) atoms. The quantitative estimate of drug-likeness (QED) is 0.647. The van der Waals surface area contributed by atoms with Crippen molar-refractivity contribution in [3.63, 3.8) is 0 Å². The van der Waals surface area contributed by atoms with Crippen molar-refractivity contribution in [2.75, 3.05) is 32.7 Å². The van der Waals surface area contributed by atoms with Gasteiger partial charge in [-0.15, -0.1) is 0 Å². The number of nitrogens with one attached hydrogen (secondary N) is 1. The van der Waals surface area contributed by atoms with Crippen LogP contribution in [0.1, 0.15) is 27.8 Å². The number of anilines is 1. The van der Waals surface area contributed by atoms with Crippen LogP contribution in [-0.2, 0) is 15.9 Å². The van der Waals surface area contributed by atoms with Crippen LogP contribution in [0, 0.1) is 0 Å². The molecule has 0 radical (unpaired) electrons.